The molecule has 1 N–H and O–H groups in total. The van der Waals surface area contributed by atoms with Crippen LogP contribution in [0.2, 0.25) is 0 Å². The SMILES string of the molecule is CCCNC(c1cc(C)ccc1OC)C(OC)C(C)(C)C. The van der Waals surface area contributed by atoms with E-state index >= 15 is 0 Å². The molecule has 0 aliphatic carbocycles. The van der Waals surface area contributed by atoms with E-state index in [0.717, 1.165) is 18.7 Å². The van der Waals surface area contributed by atoms with Crippen LogP contribution in [-0.4, -0.2) is 26.9 Å². The van der Waals surface area contributed by atoms with Crippen LogP contribution in [0.1, 0.15) is 51.3 Å². The molecule has 3 heteroatoms. The van der Waals surface area contributed by atoms with Crippen molar-refractivity contribution in [2.75, 3.05) is 20.8 Å². The lowest BCUT2D eigenvalue weighted by Crippen LogP contribution is -2.42. The Hall–Kier alpha value is -1.06. The maximum Gasteiger partial charge on any atom is 0.123 e. The van der Waals surface area contributed by atoms with E-state index in [2.05, 4.69) is 52.1 Å². The number of rotatable bonds is 7. The van der Waals surface area contributed by atoms with Gasteiger partial charge >= 0.3 is 0 Å². The van der Waals surface area contributed by atoms with Crippen molar-refractivity contribution in [2.24, 2.45) is 5.41 Å². The van der Waals surface area contributed by atoms with Crippen LogP contribution in [-0.2, 0) is 4.74 Å². The predicted molar refractivity (Wildman–Crippen MR) is 89.0 cm³/mol. The second-order valence-corrected chi connectivity index (χ2v) is 6.70. The van der Waals surface area contributed by atoms with Gasteiger partial charge in [0.25, 0.3) is 0 Å². The van der Waals surface area contributed by atoms with Gasteiger partial charge in [0.05, 0.1) is 19.3 Å². The molecule has 0 aliphatic rings. The van der Waals surface area contributed by atoms with Gasteiger partial charge in [-0.05, 0) is 31.4 Å². The summed E-state index contributed by atoms with van der Waals surface area (Å²) in [5.74, 6) is 0.917. The second-order valence-electron chi connectivity index (χ2n) is 6.70. The van der Waals surface area contributed by atoms with Gasteiger partial charge in [0, 0.05) is 12.7 Å². The van der Waals surface area contributed by atoms with Crippen molar-refractivity contribution in [3.05, 3.63) is 29.3 Å². The fraction of sp³-hybridized carbons (Fsp3) is 0.667. The number of aryl methyl sites for hydroxylation is 1. The Kier molecular flexibility index (Phi) is 6.69. The Morgan fingerprint density at radius 2 is 1.86 bits per heavy atom. The summed E-state index contributed by atoms with van der Waals surface area (Å²) in [6, 6.07) is 6.44. The summed E-state index contributed by atoms with van der Waals surface area (Å²) < 4.78 is 11.4. The molecule has 2 atom stereocenters. The van der Waals surface area contributed by atoms with Gasteiger partial charge in [0.2, 0.25) is 0 Å². The normalized spacial score (nSPS) is 14.8. The topological polar surface area (TPSA) is 30.5 Å². The Morgan fingerprint density at radius 1 is 1.19 bits per heavy atom. The Bertz CT molecular complexity index is 437. The number of methoxy groups -OCH3 is 2. The number of hydrogen-bond donors (Lipinski definition) is 1. The van der Waals surface area contributed by atoms with E-state index in [1.54, 1.807) is 14.2 Å². The van der Waals surface area contributed by atoms with Crippen LogP contribution in [0, 0.1) is 12.3 Å². The van der Waals surface area contributed by atoms with Crippen LogP contribution in [0.25, 0.3) is 0 Å². The molecule has 1 rings (SSSR count). The molecule has 0 amide bonds. The van der Waals surface area contributed by atoms with Gasteiger partial charge in [-0.15, -0.1) is 0 Å². The van der Waals surface area contributed by atoms with Crippen molar-refractivity contribution in [3.63, 3.8) is 0 Å². The van der Waals surface area contributed by atoms with E-state index in [1.165, 1.54) is 11.1 Å². The lowest BCUT2D eigenvalue weighted by atomic mass is 9.81. The van der Waals surface area contributed by atoms with E-state index < -0.39 is 0 Å². The Labute approximate surface area is 130 Å². The summed E-state index contributed by atoms with van der Waals surface area (Å²) in [4.78, 5) is 0. The molecule has 0 bridgehead atoms. The van der Waals surface area contributed by atoms with Crippen molar-refractivity contribution in [1.29, 1.82) is 0 Å². The first-order valence-corrected chi connectivity index (χ1v) is 7.75. The van der Waals surface area contributed by atoms with Crippen LogP contribution >= 0.6 is 0 Å². The summed E-state index contributed by atoms with van der Waals surface area (Å²) in [5, 5.41) is 3.64. The number of nitrogens with one attached hydrogen (secondary N) is 1. The first-order chi connectivity index (χ1) is 9.85. The molecule has 1 aromatic rings. The highest BCUT2D eigenvalue weighted by Crippen LogP contribution is 2.36. The number of hydrogen-bond acceptors (Lipinski definition) is 3. The van der Waals surface area contributed by atoms with Crippen molar-refractivity contribution in [2.45, 2.75) is 53.2 Å². The third-order valence-corrected chi connectivity index (χ3v) is 3.74. The van der Waals surface area contributed by atoms with Gasteiger partial charge in [0.1, 0.15) is 5.75 Å². The monoisotopic (exact) mass is 293 g/mol. The minimum Gasteiger partial charge on any atom is -0.496 e. The molecule has 3 nitrogen and oxygen atoms in total. The first kappa shape index (κ1) is 18.0. The third kappa shape index (κ3) is 4.72. The molecule has 120 valence electrons. The van der Waals surface area contributed by atoms with Crippen LogP contribution in [0.15, 0.2) is 18.2 Å². The van der Waals surface area contributed by atoms with E-state index in [1.807, 2.05) is 6.07 Å². The number of ether oxygens (including phenoxy) is 2. The maximum absolute atomic E-state index is 5.85. The van der Waals surface area contributed by atoms with Gasteiger partial charge in [-0.25, -0.2) is 0 Å². The van der Waals surface area contributed by atoms with Gasteiger partial charge in [-0.1, -0.05) is 45.4 Å². The summed E-state index contributed by atoms with van der Waals surface area (Å²) in [7, 11) is 3.52. The minimum atomic E-state index is 0.0366. The molecule has 0 radical (unpaired) electrons. The fourth-order valence-electron chi connectivity index (χ4n) is 2.77. The minimum absolute atomic E-state index is 0.0366. The van der Waals surface area contributed by atoms with Crippen LogP contribution in [0.5, 0.6) is 5.75 Å². The van der Waals surface area contributed by atoms with E-state index in [0.29, 0.717) is 0 Å². The molecular formula is C18H31NO2. The standard InChI is InChI=1S/C18H31NO2/c1-8-11-19-16(17(21-7)18(3,4)5)14-12-13(2)9-10-15(14)20-6/h9-10,12,16-17,19H,8,11H2,1-7H3. The van der Waals surface area contributed by atoms with Crippen LogP contribution in [0.4, 0.5) is 0 Å². The fourth-order valence-corrected chi connectivity index (χ4v) is 2.77. The highest BCUT2D eigenvalue weighted by atomic mass is 16.5. The zero-order valence-electron chi connectivity index (χ0n) is 14.6. The molecule has 1 aromatic carbocycles. The summed E-state index contributed by atoms with van der Waals surface area (Å²) in [6.45, 7) is 11.9. The molecule has 0 aromatic heterocycles. The van der Waals surface area contributed by atoms with Gasteiger partial charge < -0.3 is 14.8 Å². The molecule has 0 heterocycles. The maximum atomic E-state index is 5.85. The summed E-state index contributed by atoms with van der Waals surface area (Å²) in [5.41, 5.74) is 2.44. The van der Waals surface area contributed by atoms with Gasteiger partial charge in [-0.3, -0.25) is 0 Å². The van der Waals surface area contributed by atoms with Gasteiger partial charge in [-0.2, -0.15) is 0 Å². The zero-order valence-corrected chi connectivity index (χ0v) is 14.6. The highest BCUT2D eigenvalue weighted by molar-refractivity contribution is 5.40. The lowest BCUT2D eigenvalue weighted by molar-refractivity contribution is -0.0124. The average Bonchev–Trinajstić information content (AvgIpc) is 2.41. The van der Waals surface area contributed by atoms with Crippen LogP contribution in [0.3, 0.4) is 0 Å². The van der Waals surface area contributed by atoms with Gasteiger partial charge in [0.15, 0.2) is 0 Å². The summed E-state index contributed by atoms with van der Waals surface area (Å²) >= 11 is 0. The van der Waals surface area contributed by atoms with E-state index in [9.17, 15) is 0 Å². The van der Waals surface area contributed by atoms with Crippen molar-refractivity contribution in [3.8, 4) is 5.75 Å². The average molecular weight is 293 g/mol. The van der Waals surface area contributed by atoms with Crippen molar-refractivity contribution in [1.82, 2.24) is 5.32 Å². The highest BCUT2D eigenvalue weighted by Gasteiger charge is 2.34. The first-order valence-electron chi connectivity index (χ1n) is 7.75. The molecule has 21 heavy (non-hydrogen) atoms. The van der Waals surface area contributed by atoms with Crippen molar-refractivity contribution >= 4 is 0 Å². The summed E-state index contributed by atoms with van der Waals surface area (Å²) in [6.07, 6.45) is 1.16. The zero-order chi connectivity index (χ0) is 16.0. The molecule has 0 saturated heterocycles. The molecular weight excluding hydrogens is 262 g/mol. The molecule has 0 aliphatic heterocycles. The van der Waals surface area contributed by atoms with E-state index in [-0.39, 0.29) is 17.6 Å². The van der Waals surface area contributed by atoms with Crippen LogP contribution < -0.4 is 10.1 Å². The third-order valence-electron chi connectivity index (χ3n) is 3.74. The van der Waals surface area contributed by atoms with E-state index in [4.69, 9.17) is 9.47 Å². The lowest BCUT2D eigenvalue weighted by Gasteiger charge is -2.37. The molecule has 0 saturated carbocycles. The Balaban J connectivity index is 3.26. The predicted octanol–water partition coefficient (Wildman–Crippen LogP) is 4.11. The largest absolute Gasteiger partial charge is 0.496 e. The number of benzene rings is 1. The van der Waals surface area contributed by atoms with Crippen molar-refractivity contribution < 1.29 is 9.47 Å². The molecule has 0 spiro atoms. The molecule has 0 fully saturated rings. The quantitative estimate of drug-likeness (QED) is 0.821. The Morgan fingerprint density at radius 3 is 2.33 bits per heavy atom. The second kappa shape index (κ2) is 7.81. The molecule has 2 unspecified atom stereocenters. The smallest absolute Gasteiger partial charge is 0.123 e.